The molecule has 21 rings (SSSR count). The molecule has 1 heteroatoms. The molecule has 0 radical (unpaired) electrons. The topological polar surface area (TPSA) is 9.23 Å². The van der Waals surface area contributed by atoms with Crippen molar-refractivity contribution in [3.8, 4) is 78.3 Å². The van der Waals surface area contributed by atoms with Gasteiger partial charge in [0.15, 0.2) is 0 Å². The van der Waals surface area contributed by atoms with Crippen LogP contribution < -0.4 is 4.74 Å². The second-order valence-corrected chi connectivity index (χ2v) is 39.7. The van der Waals surface area contributed by atoms with Crippen LogP contribution in [0.4, 0.5) is 0 Å². The summed E-state index contributed by atoms with van der Waals surface area (Å²) in [5, 5.41) is 2.64. The van der Waals surface area contributed by atoms with Crippen LogP contribution in [-0.4, -0.2) is 0 Å². The van der Waals surface area contributed by atoms with Crippen molar-refractivity contribution in [1.29, 1.82) is 0 Å². The van der Waals surface area contributed by atoms with Gasteiger partial charge < -0.3 is 4.74 Å². The lowest BCUT2D eigenvalue weighted by Gasteiger charge is -2.34. The zero-order valence-corrected chi connectivity index (χ0v) is 93.3. The van der Waals surface area contributed by atoms with E-state index >= 15 is 0 Å². The van der Waals surface area contributed by atoms with E-state index in [0.717, 1.165) is 17.9 Å². The summed E-state index contributed by atoms with van der Waals surface area (Å²) in [7, 11) is 0. The number of aryl methyl sites for hydroxylation is 23. The lowest BCUT2D eigenvalue weighted by Crippen LogP contribution is -2.28. The van der Waals surface area contributed by atoms with Crippen molar-refractivity contribution in [3.05, 3.63) is 604 Å². The zero-order valence-electron chi connectivity index (χ0n) is 93.3. The molecule has 0 N–H and O–H groups in total. The molecule has 0 unspecified atom stereocenters. The molecule has 758 valence electrons. The van der Waals surface area contributed by atoms with Crippen LogP contribution in [0.2, 0.25) is 0 Å². The molecule has 0 amide bonds. The largest absolute Gasteiger partial charge is 0.457 e. The Bertz CT molecular complexity index is 7270. The highest BCUT2D eigenvalue weighted by Gasteiger charge is 2.46. The van der Waals surface area contributed by atoms with Gasteiger partial charge in [-0.1, -0.05) is 560 Å². The standard InChI is InChI=1S/C27H22.C21H20.C20H18.C16H18.C15H16O.C15H16.C11H10.2C9H12.2C2H6.CH4/c1-19-11-15-21(16-12-19)27(22-17-13-20(2)14-18-22)25-9-5-3-7-23(25)24-8-4-6-10-26(24)27;1-15-4-9-18(10-5-15)20-13-8-17(3)14-21(20)19-11-6-16(2)7-12-19;1-15-7-11-17(12-8-15)19-5-3-4-6-20(19)18-13-9-16(2)10-14-18;1-12-4-7-15(8-5-12)11-16-9-6-13(2)10-14(16)3;1-11-4-7-14(8-5-11)16-15-9-6-12(2)10-13(15)3;1-11-4-7-14(8-5-11)15-9-6-12(2)10-13(15)3;1-9-6-7-10-4-2-3-5-11(10)8-9;1-7-4-8(2)6-9(3)5-7;1-7-4-5-8(2)9(3)6-7;2*1-2;/h3-18H,1-2H3;4-14H,1-3H3;3-14H,1-2H3;4-10H,11H2,1-3H3;4-10H,1-3H3;4-10H,1-3H3;2-8H,1H3;2*4-6H,1-3H3;2*1-2H3;1H4. The van der Waals surface area contributed by atoms with Gasteiger partial charge in [0.25, 0.3) is 0 Å². The molecule has 0 spiro atoms. The van der Waals surface area contributed by atoms with Crippen LogP contribution in [0, 0.1) is 159 Å². The molecule has 0 bridgehead atoms. The van der Waals surface area contributed by atoms with Gasteiger partial charge in [0.1, 0.15) is 11.5 Å². The normalized spacial score (nSPS) is 10.7. The van der Waals surface area contributed by atoms with E-state index in [1.165, 1.54) is 239 Å². The van der Waals surface area contributed by atoms with E-state index in [2.05, 4.69) is 584 Å². The summed E-state index contributed by atoms with van der Waals surface area (Å²) in [6.45, 7) is 56.9. The maximum absolute atomic E-state index is 5.82. The maximum atomic E-state index is 5.82. The Hall–Kier alpha value is -15.5. The SMILES string of the molecule is C.CC.CC.Cc1cc(C)cc(C)c1.Cc1ccc(-c2ccc(C)cc2-c2ccc(C)cc2)cc1.Cc1ccc(-c2ccc(C)cc2C)cc1.Cc1ccc(-c2ccccc2-c2ccc(C)cc2)cc1.Cc1ccc(C)c(C)c1.Cc1ccc(C2(c3ccc(C)cc3)c3ccccc3-c3ccccc32)cc1.Cc1ccc(Cc2ccc(C)cc2C)cc1.Cc1ccc(Oc2ccc(C)cc2C)cc1.Cc1ccc2ccccc2c1. The lowest BCUT2D eigenvalue weighted by atomic mass is 9.67. The highest BCUT2D eigenvalue weighted by Crippen LogP contribution is 2.56. The minimum atomic E-state index is -0.269. The molecule has 0 saturated carbocycles. The summed E-state index contributed by atoms with van der Waals surface area (Å²) >= 11 is 0. The molecular formula is C148H160O. The highest BCUT2D eigenvalue weighted by molar-refractivity contribution is 5.88. The van der Waals surface area contributed by atoms with E-state index in [1.54, 1.807) is 0 Å². The summed E-state index contributed by atoms with van der Waals surface area (Å²) < 4.78 is 5.82. The van der Waals surface area contributed by atoms with Crippen LogP contribution in [0.25, 0.3) is 77.5 Å². The van der Waals surface area contributed by atoms with Crippen molar-refractivity contribution in [3.63, 3.8) is 0 Å². The lowest BCUT2D eigenvalue weighted by molar-refractivity contribution is 0.478. The molecule has 0 saturated heterocycles. The van der Waals surface area contributed by atoms with Crippen molar-refractivity contribution in [1.82, 2.24) is 0 Å². The summed E-state index contributed by atoms with van der Waals surface area (Å²) in [4.78, 5) is 0. The second-order valence-electron chi connectivity index (χ2n) is 39.7. The Morgan fingerprint density at radius 3 is 0.846 bits per heavy atom. The fourth-order valence-electron chi connectivity index (χ4n) is 18.6. The molecule has 0 fully saturated rings. The Kier molecular flexibility index (Phi) is 44.1. The minimum absolute atomic E-state index is 0. The van der Waals surface area contributed by atoms with Gasteiger partial charge in [-0.25, -0.2) is 0 Å². The van der Waals surface area contributed by atoms with E-state index < -0.39 is 0 Å². The summed E-state index contributed by atoms with van der Waals surface area (Å²) in [6, 6.07) is 159. The molecular weight excluding hydrogens is 1790 g/mol. The van der Waals surface area contributed by atoms with Crippen molar-refractivity contribution in [2.24, 2.45) is 0 Å². The monoisotopic (exact) mass is 1950 g/mol. The molecule has 1 nitrogen and oxygen atoms in total. The minimum Gasteiger partial charge on any atom is -0.457 e. The average molecular weight is 1950 g/mol. The summed E-state index contributed by atoms with van der Waals surface area (Å²) in [5.74, 6) is 1.81. The van der Waals surface area contributed by atoms with Gasteiger partial charge in [-0.2, -0.15) is 0 Å². The third kappa shape index (κ3) is 33.2. The first-order chi connectivity index (χ1) is 71.3. The summed E-state index contributed by atoms with van der Waals surface area (Å²) in [6.07, 6.45) is 1.03. The number of fused-ring (bicyclic) bond motifs is 4. The number of rotatable bonds is 11. The fraction of sp³-hybridized carbons (Fsp3) is 0.203. The van der Waals surface area contributed by atoms with Crippen molar-refractivity contribution in [2.45, 2.75) is 206 Å². The maximum Gasteiger partial charge on any atom is 0.130 e. The van der Waals surface area contributed by atoms with Gasteiger partial charge in [-0.05, 0) is 323 Å². The molecule has 20 aromatic carbocycles. The number of hydrogen-bond acceptors (Lipinski definition) is 1. The van der Waals surface area contributed by atoms with Gasteiger partial charge in [0.05, 0.1) is 5.41 Å². The number of hydrogen-bond donors (Lipinski definition) is 0. The van der Waals surface area contributed by atoms with Gasteiger partial charge in [0.2, 0.25) is 0 Å². The molecule has 20 aromatic rings. The van der Waals surface area contributed by atoms with Crippen LogP contribution in [0.15, 0.2) is 443 Å². The summed E-state index contributed by atoms with van der Waals surface area (Å²) in [5.41, 5.74) is 53.8. The van der Waals surface area contributed by atoms with Gasteiger partial charge in [-0.3, -0.25) is 0 Å². The molecule has 149 heavy (non-hydrogen) atoms. The van der Waals surface area contributed by atoms with Crippen LogP contribution in [0.3, 0.4) is 0 Å². The Morgan fingerprint density at radius 1 is 0.174 bits per heavy atom. The van der Waals surface area contributed by atoms with E-state index in [4.69, 9.17) is 4.74 Å². The first kappa shape index (κ1) is 115. The molecule has 1 aliphatic rings. The average Bonchev–Trinajstić information content (AvgIpc) is 1.54. The van der Waals surface area contributed by atoms with E-state index in [1.807, 2.05) is 45.9 Å². The van der Waals surface area contributed by atoms with Crippen molar-refractivity contribution < 1.29 is 4.74 Å². The quantitative estimate of drug-likeness (QED) is 0.125. The molecule has 0 heterocycles. The Morgan fingerprint density at radius 2 is 0.456 bits per heavy atom. The smallest absolute Gasteiger partial charge is 0.130 e. The Balaban J connectivity index is 0.000000174. The predicted molar refractivity (Wildman–Crippen MR) is 654 cm³/mol. The van der Waals surface area contributed by atoms with E-state index in [0.29, 0.717) is 0 Å². The van der Waals surface area contributed by atoms with Gasteiger partial charge >= 0.3 is 0 Å². The Labute approximate surface area is 897 Å². The van der Waals surface area contributed by atoms with Crippen molar-refractivity contribution >= 4 is 10.8 Å². The first-order valence-electron chi connectivity index (χ1n) is 52.7. The van der Waals surface area contributed by atoms with Crippen LogP contribution in [-0.2, 0) is 11.8 Å². The highest BCUT2D eigenvalue weighted by atomic mass is 16.5. The third-order valence-corrected chi connectivity index (χ3v) is 26.7. The van der Waals surface area contributed by atoms with E-state index in [-0.39, 0.29) is 12.8 Å². The zero-order chi connectivity index (χ0) is 107. The van der Waals surface area contributed by atoms with Gasteiger partial charge in [-0.15, -0.1) is 0 Å². The van der Waals surface area contributed by atoms with Crippen LogP contribution >= 0.6 is 0 Å². The molecule has 0 aromatic heterocycles. The number of benzene rings is 20. The number of ether oxygens (including phenoxy) is 1. The second kappa shape index (κ2) is 57.0. The molecule has 0 aliphatic heterocycles. The van der Waals surface area contributed by atoms with Crippen LogP contribution in [0.1, 0.15) is 196 Å². The molecule has 1 aliphatic carbocycles. The van der Waals surface area contributed by atoms with Crippen molar-refractivity contribution in [2.75, 3.05) is 0 Å². The van der Waals surface area contributed by atoms with Gasteiger partial charge in [0, 0.05) is 0 Å². The van der Waals surface area contributed by atoms with E-state index in [9.17, 15) is 0 Å². The third-order valence-electron chi connectivity index (χ3n) is 26.7. The predicted octanol–water partition coefficient (Wildman–Crippen LogP) is 42.2. The van der Waals surface area contributed by atoms with Crippen LogP contribution in [0.5, 0.6) is 11.5 Å². The fourth-order valence-corrected chi connectivity index (χ4v) is 18.6. The molecule has 0 atom stereocenters. The first-order valence-corrected chi connectivity index (χ1v) is 52.7.